The Balaban J connectivity index is 1.93. The summed E-state index contributed by atoms with van der Waals surface area (Å²) in [5.41, 5.74) is 2.06. The number of Topliss-reactive ketones (excluding diaryl/α,β-unsaturated/α-hetero) is 1. The molecule has 7 heteroatoms. The Labute approximate surface area is 202 Å². The first-order chi connectivity index (χ1) is 16.3. The summed E-state index contributed by atoms with van der Waals surface area (Å²) in [6.07, 6.45) is 0.815. The summed E-state index contributed by atoms with van der Waals surface area (Å²) >= 11 is 6.35. The van der Waals surface area contributed by atoms with Crippen LogP contribution < -0.4 is 9.64 Å². The molecule has 1 atom stereocenters. The Hall–Kier alpha value is -3.64. The number of rotatable bonds is 6. The van der Waals surface area contributed by atoms with Crippen molar-refractivity contribution in [3.8, 4) is 5.75 Å². The van der Waals surface area contributed by atoms with Gasteiger partial charge in [0, 0.05) is 11.3 Å². The molecule has 1 saturated heterocycles. The van der Waals surface area contributed by atoms with Crippen LogP contribution >= 0.6 is 11.6 Å². The van der Waals surface area contributed by atoms with Crippen LogP contribution in [0.5, 0.6) is 5.75 Å². The van der Waals surface area contributed by atoms with Crippen molar-refractivity contribution in [3.05, 3.63) is 99.8 Å². The van der Waals surface area contributed by atoms with Gasteiger partial charge < -0.3 is 9.84 Å². The fourth-order valence-corrected chi connectivity index (χ4v) is 4.25. The first-order valence-corrected chi connectivity index (χ1v) is 11.3. The molecule has 1 N–H and O–H groups in total. The van der Waals surface area contributed by atoms with Crippen LogP contribution in [0.4, 0.5) is 10.1 Å². The second kappa shape index (κ2) is 9.69. The molecule has 1 aliphatic heterocycles. The maximum atomic E-state index is 13.7. The minimum Gasteiger partial charge on any atom is -0.507 e. The lowest BCUT2D eigenvalue weighted by atomic mass is 9.95. The number of ketones is 1. The highest BCUT2D eigenvalue weighted by Crippen LogP contribution is 2.43. The van der Waals surface area contributed by atoms with Crippen molar-refractivity contribution in [3.63, 3.8) is 0 Å². The van der Waals surface area contributed by atoms with E-state index >= 15 is 0 Å². The van der Waals surface area contributed by atoms with E-state index in [0.29, 0.717) is 23.6 Å². The summed E-state index contributed by atoms with van der Waals surface area (Å²) < 4.78 is 19.2. The van der Waals surface area contributed by atoms with Gasteiger partial charge in [-0.1, -0.05) is 42.8 Å². The predicted octanol–water partition coefficient (Wildman–Crippen LogP) is 6.07. The van der Waals surface area contributed by atoms with Gasteiger partial charge >= 0.3 is 0 Å². The Morgan fingerprint density at radius 2 is 1.71 bits per heavy atom. The molecule has 1 fully saturated rings. The van der Waals surface area contributed by atoms with Gasteiger partial charge in [-0.2, -0.15) is 0 Å². The molecule has 0 aromatic heterocycles. The molecule has 1 unspecified atom stereocenters. The number of hydrogen-bond donors (Lipinski definition) is 1. The van der Waals surface area contributed by atoms with E-state index in [1.807, 2.05) is 26.0 Å². The van der Waals surface area contributed by atoms with E-state index in [1.54, 1.807) is 24.3 Å². The third-order valence-electron chi connectivity index (χ3n) is 5.76. The third kappa shape index (κ3) is 4.29. The fourth-order valence-electron chi connectivity index (χ4n) is 4.04. The van der Waals surface area contributed by atoms with Gasteiger partial charge in [0.1, 0.15) is 17.3 Å². The van der Waals surface area contributed by atoms with Gasteiger partial charge in [0.2, 0.25) is 0 Å². The number of ether oxygens (including phenoxy) is 1. The lowest BCUT2D eigenvalue weighted by Crippen LogP contribution is -2.29. The Bertz CT molecular complexity index is 1270. The fraction of sp³-hybridized carbons (Fsp3) is 0.185. The number of aliphatic hydroxyl groups excluding tert-OH is 1. The quantitative estimate of drug-likeness (QED) is 0.265. The normalized spacial score (nSPS) is 17.3. The first-order valence-electron chi connectivity index (χ1n) is 10.9. The molecule has 1 heterocycles. The SMILES string of the molecule is CCOc1ccc(Cl)c(/C(O)=C2\C(=O)C(=O)N(c3ccc(CC)cc3)C2c2ccc(F)cc2)c1. The van der Waals surface area contributed by atoms with Crippen molar-refractivity contribution in [2.75, 3.05) is 11.5 Å². The smallest absolute Gasteiger partial charge is 0.300 e. The molecule has 3 aromatic carbocycles. The zero-order valence-corrected chi connectivity index (χ0v) is 19.5. The Kier molecular flexibility index (Phi) is 6.70. The molecule has 0 bridgehead atoms. The van der Waals surface area contributed by atoms with Gasteiger partial charge in [0.05, 0.1) is 23.2 Å². The predicted molar refractivity (Wildman–Crippen MR) is 130 cm³/mol. The minimum atomic E-state index is -0.972. The van der Waals surface area contributed by atoms with Gasteiger partial charge in [-0.3, -0.25) is 14.5 Å². The number of anilines is 1. The number of amides is 1. The Morgan fingerprint density at radius 3 is 2.32 bits per heavy atom. The third-order valence-corrected chi connectivity index (χ3v) is 6.09. The number of aliphatic hydroxyl groups is 1. The number of carbonyl (C=O) groups excluding carboxylic acids is 2. The van der Waals surface area contributed by atoms with Crippen LogP contribution in [0.15, 0.2) is 72.3 Å². The number of nitrogens with zero attached hydrogens (tertiary/aromatic N) is 1. The second-order valence-electron chi connectivity index (χ2n) is 7.82. The molecule has 3 aromatic rings. The molecular weight excluding hydrogens is 457 g/mol. The summed E-state index contributed by atoms with van der Waals surface area (Å²) in [5.74, 6) is -2.08. The highest BCUT2D eigenvalue weighted by molar-refractivity contribution is 6.52. The minimum absolute atomic E-state index is 0.133. The second-order valence-corrected chi connectivity index (χ2v) is 8.22. The molecule has 0 aliphatic carbocycles. The molecule has 174 valence electrons. The molecule has 0 spiro atoms. The molecule has 34 heavy (non-hydrogen) atoms. The highest BCUT2D eigenvalue weighted by Gasteiger charge is 2.47. The largest absolute Gasteiger partial charge is 0.507 e. The topological polar surface area (TPSA) is 66.8 Å². The van der Waals surface area contributed by atoms with Crippen molar-refractivity contribution < 1.29 is 23.8 Å². The van der Waals surface area contributed by atoms with Crippen LogP contribution in [0.1, 0.15) is 36.6 Å². The zero-order valence-electron chi connectivity index (χ0n) is 18.7. The lowest BCUT2D eigenvalue weighted by Gasteiger charge is -2.25. The van der Waals surface area contributed by atoms with Gasteiger partial charge in [-0.25, -0.2) is 4.39 Å². The van der Waals surface area contributed by atoms with Crippen molar-refractivity contribution in [1.29, 1.82) is 0 Å². The maximum absolute atomic E-state index is 13.7. The molecular formula is C27H23ClFNO4. The number of carbonyl (C=O) groups is 2. The molecule has 1 aliphatic rings. The lowest BCUT2D eigenvalue weighted by molar-refractivity contribution is -0.132. The van der Waals surface area contributed by atoms with E-state index in [9.17, 15) is 19.1 Å². The average molecular weight is 480 g/mol. The molecule has 0 radical (unpaired) electrons. The Morgan fingerprint density at radius 1 is 1.03 bits per heavy atom. The summed E-state index contributed by atoms with van der Waals surface area (Å²) in [7, 11) is 0. The van der Waals surface area contributed by atoms with Crippen molar-refractivity contribution in [2.45, 2.75) is 26.3 Å². The van der Waals surface area contributed by atoms with E-state index in [1.165, 1.54) is 35.2 Å². The van der Waals surface area contributed by atoms with E-state index in [2.05, 4.69) is 0 Å². The number of aryl methyl sites for hydroxylation is 1. The summed E-state index contributed by atoms with van der Waals surface area (Å²) in [6.45, 7) is 4.23. The summed E-state index contributed by atoms with van der Waals surface area (Å²) in [5, 5.41) is 11.5. The van der Waals surface area contributed by atoms with Crippen LogP contribution in [-0.4, -0.2) is 23.4 Å². The molecule has 5 nitrogen and oxygen atoms in total. The molecule has 4 rings (SSSR count). The standard InChI is InChI=1S/C27H23ClFNO4/c1-3-16-5-11-19(12-6-16)30-24(17-7-9-18(29)10-8-17)23(26(32)27(30)33)25(31)21-15-20(34-4-2)13-14-22(21)28/h5-15,24,31H,3-4H2,1-2H3/b25-23+. The maximum Gasteiger partial charge on any atom is 0.300 e. The van der Waals surface area contributed by atoms with Crippen LogP contribution in [-0.2, 0) is 16.0 Å². The monoisotopic (exact) mass is 479 g/mol. The highest BCUT2D eigenvalue weighted by atomic mass is 35.5. The summed E-state index contributed by atoms with van der Waals surface area (Å²) in [6, 6.07) is 16.5. The van der Waals surface area contributed by atoms with Crippen LogP contribution in [0, 0.1) is 5.82 Å². The van der Waals surface area contributed by atoms with E-state index in [0.717, 1.165) is 12.0 Å². The number of halogens is 2. The van der Waals surface area contributed by atoms with Crippen LogP contribution in [0.2, 0.25) is 5.02 Å². The summed E-state index contributed by atoms with van der Waals surface area (Å²) in [4.78, 5) is 27.8. The van der Waals surface area contributed by atoms with E-state index in [-0.39, 0.29) is 16.2 Å². The number of hydrogen-bond acceptors (Lipinski definition) is 4. The van der Waals surface area contributed by atoms with Gasteiger partial charge in [-0.15, -0.1) is 0 Å². The van der Waals surface area contributed by atoms with Gasteiger partial charge in [-0.05, 0) is 66.9 Å². The number of benzene rings is 3. The van der Waals surface area contributed by atoms with Gasteiger partial charge in [0.25, 0.3) is 11.7 Å². The van der Waals surface area contributed by atoms with Crippen molar-refractivity contribution in [2.24, 2.45) is 0 Å². The van der Waals surface area contributed by atoms with Gasteiger partial charge in [0.15, 0.2) is 0 Å². The van der Waals surface area contributed by atoms with E-state index < -0.39 is 29.3 Å². The van der Waals surface area contributed by atoms with E-state index in [4.69, 9.17) is 16.3 Å². The van der Waals surface area contributed by atoms with Crippen LogP contribution in [0.25, 0.3) is 5.76 Å². The molecule has 0 saturated carbocycles. The van der Waals surface area contributed by atoms with Crippen molar-refractivity contribution in [1.82, 2.24) is 0 Å². The average Bonchev–Trinajstić information content (AvgIpc) is 3.11. The van der Waals surface area contributed by atoms with Crippen molar-refractivity contribution >= 4 is 34.7 Å². The molecule has 1 amide bonds. The first kappa shape index (κ1) is 23.5. The van der Waals surface area contributed by atoms with Crippen LogP contribution in [0.3, 0.4) is 0 Å². The zero-order chi connectivity index (χ0) is 24.4.